The lowest BCUT2D eigenvalue weighted by Gasteiger charge is -2.20. The first-order chi connectivity index (χ1) is 8.50. The fourth-order valence-corrected chi connectivity index (χ4v) is 4.11. The number of sulfonamides is 1. The third kappa shape index (κ3) is 2.37. The Labute approximate surface area is 112 Å². The lowest BCUT2D eigenvalue weighted by Crippen LogP contribution is -2.33. The van der Waals surface area contributed by atoms with Crippen LogP contribution in [-0.2, 0) is 10.0 Å². The minimum atomic E-state index is -3.55. The van der Waals surface area contributed by atoms with Crippen molar-refractivity contribution in [3.63, 3.8) is 0 Å². The van der Waals surface area contributed by atoms with E-state index in [1.54, 1.807) is 0 Å². The van der Waals surface area contributed by atoms with Crippen LogP contribution < -0.4 is 0 Å². The van der Waals surface area contributed by atoms with Crippen molar-refractivity contribution in [2.24, 2.45) is 0 Å². The van der Waals surface area contributed by atoms with E-state index in [0.717, 1.165) is 12.8 Å². The summed E-state index contributed by atoms with van der Waals surface area (Å²) in [4.78, 5) is 0.0805. The Morgan fingerprint density at radius 1 is 1.50 bits per heavy atom. The molecule has 1 aliphatic carbocycles. The van der Waals surface area contributed by atoms with E-state index < -0.39 is 10.0 Å². The van der Waals surface area contributed by atoms with E-state index in [1.807, 2.05) is 13.0 Å². The molecular weight excluding hydrogens is 272 g/mol. The predicted molar refractivity (Wildman–Crippen MR) is 68.8 cm³/mol. The third-order valence-corrected chi connectivity index (χ3v) is 5.42. The summed E-state index contributed by atoms with van der Waals surface area (Å²) in [5.74, 6) is 0. The molecule has 0 spiro atoms. The van der Waals surface area contributed by atoms with Crippen LogP contribution in [0.2, 0.25) is 5.02 Å². The van der Waals surface area contributed by atoms with Gasteiger partial charge in [-0.3, -0.25) is 0 Å². The third-order valence-electron chi connectivity index (χ3n) is 2.91. The van der Waals surface area contributed by atoms with Crippen LogP contribution in [0.25, 0.3) is 0 Å². The Balaban J connectivity index is 2.44. The van der Waals surface area contributed by atoms with Gasteiger partial charge in [0.1, 0.15) is 4.90 Å². The van der Waals surface area contributed by atoms with Gasteiger partial charge in [0.05, 0.1) is 16.7 Å². The molecule has 0 unspecified atom stereocenters. The molecule has 2 rings (SSSR count). The minimum absolute atomic E-state index is 0.0805. The number of halogens is 1. The quantitative estimate of drug-likeness (QED) is 0.853. The molecule has 1 fully saturated rings. The normalized spacial score (nSPS) is 15.7. The Bertz CT molecular complexity index is 603. The molecule has 4 nitrogen and oxygen atoms in total. The molecule has 0 N–H and O–H groups in total. The van der Waals surface area contributed by atoms with Crippen molar-refractivity contribution in [3.8, 4) is 6.07 Å². The van der Waals surface area contributed by atoms with Crippen LogP contribution in [0.4, 0.5) is 0 Å². The van der Waals surface area contributed by atoms with Crippen molar-refractivity contribution in [2.45, 2.75) is 30.7 Å². The summed E-state index contributed by atoms with van der Waals surface area (Å²) in [7, 11) is -3.55. The number of hydrogen-bond acceptors (Lipinski definition) is 3. The Hall–Kier alpha value is -1.09. The Kier molecular flexibility index (Phi) is 3.62. The first-order valence-electron chi connectivity index (χ1n) is 5.72. The van der Waals surface area contributed by atoms with E-state index >= 15 is 0 Å². The first kappa shape index (κ1) is 13.3. The maximum atomic E-state index is 12.4. The van der Waals surface area contributed by atoms with Crippen molar-refractivity contribution < 1.29 is 8.42 Å². The highest BCUT2D eigenvalue weighted by Gasteiger charge is 2.37. The van der Waals surface area contributed by atoms with E-state index in [4.69, 9.17) is 16.9 Å². The molecular formula is C12H13ClN2O2S. The number of nitrogens with zero attached hydrogens (tertiary/aromatic N) is 2. The van der Waals surface area contributed by atoms with Gasteiger partial charge in [0.25, 0.3) is 0 Å². The van der Waals surface area contributed by atoms with E-state index in [2.05, 4.69) is 0 Å². The monoisotopic (exact) mass is 284 g/mol. The van der Waals surface area contributed by atoms with Crippen LogP contribution in [0.5, 0.6) is 0 Å². The molecule has 1 aliphatic rings. The Morgan fingerprint density at radius 2 is 2.17 bits per heavy atom. The van der Waals surface area contributed by atoms with Gasteiger partial charge in [-0.2, -0.15) is 9.57 Å². The van der Waals surface area contributed by atoms with Gasteiger partial charge in [-0.25, -0.2) is 8.42 Å². The Morgan fingerprint density at radius 3 is 2.61 bits per heavy atom. The number of benzene rings is 1. The number of hydrogen-bond donors (Lipinski definition) is 0. The molecule has 1 aromatic rings. The lowest BCUT2D eigenvalue weighted by molar-refractivity contribution is 0.421. The molecule has 0 saturated heterocycles. The number of nitriles is 1. The summed E-state index contributed by atoms with van der Waals surface area (Å²) < 4.78 is 26.3. The zero-order valence-corrected chi connectivity index (χ0v) is 11.5. The van der Waals surface area contributed by atoms with E-state index in [-0.39, 0.29) is 16.0 Å². The van der Waals surface area contributed by atoms with Gasteiger partial charge in [-0.15, -0.1) is 0 Å². The van der Waals surface area contributed by atoms with Crippen molar-refractivity contribution in [2.75, 3.05) is 6.54 Å². The molecule has 0 bridgehead atoms. The highest BCUT2D eigenvalue weighted by molar-refractivity contribution is 7.89. The highest BCUT2D eigenvalue weighted by atomic mass is 35.5. The molecule has 1 aromatic carbocycles. The maximum absolute atomic E-state index is 12.4. The van der Waals surface area contributed by atoms with Crippen molar-refractivity contribution in [1.82, 2.24) is 4.31 Å². The van der Waals surface area contributed by atoms with Crippen LogP contribution in [0.1, 0.15) is 25.3 Å². The van der Waals surface area contributed by atoms with Crippen molar-refractivity contribution in [3.05, 3.63) is 28.8 Å². The smallest absolute Gasteiger partial charge is 0.207 e. The molecule has 6 heteroatoms. The highest BCUT2D eigenvalue weighted by Crippen LogP contribution is 2.34. The molecule has 0 heterocycles. The van der Waals surface area contributed by atoms with E-state index in [0.29, 0.717) is 12.1 Å². The summed E-state index contributed by atoms with van der Waals surface area (Å²) in [5.41, 5.74) is 0.355. The fourth-order valence-electron chi connectivity index (χ4n) is 1.89. The van der Waals surface area contributed by atoms with Gasteiger partial charge in [-0.05, 0) is 31.0 Å². The molecule has 0 aromatic heterocycles. The summed E-state index contributed by atoms with van der Waals surface area (Å²) in [6, 6.07) is 6.30. The van der Waals surface area contributed by atoms with Crippen LogP contribution in [-0.4, -0.2) is 25.3 Å². The van der Waals surface area contributed by atoms with Gasteiger partial charge >= 0.3 is 0 Å². The van der Waals surface area contributed by atoms with Crippen LogP contribution in [0.3, 0.4) is 0 Å². The van der Waals surface area contributed by atoms with E-state index in [1.165, 1.54) is 22.5 Å². The summed E-state index contributed by atoms with van der Waals surface area (Å²) in [6.07, 6.45) is 1.81. The van der Waals surface area contributed by atoms with Gasteiger partial charge in [-0.1, -0.05) is 18.5 Å². The molecule has 0 aliphatic heterocycles. The topological polar surface area (TPSA) is 61.2 Å². The average molecular weight is 285 g/mol. The number of rotatable bonds is 4. The molecule has 1 saturated carbocycles. The van der Waals surface area contributed by atoms with E-state index in [9.17, 15) is 8.42 Å². The fraction of sp³-hybridized carbons (Fsp3) is 0.417. The van der Waals surface area contributed by atoms with Crippen LogP contribution >= 0.6 is 11.6 Å². The second-order valence-electron chi connectivity index (χ2n) is 4.20. The second kappa shape index (κ2) is 4.88. The lowest BCUT2D eigenvalue weighted by atomic mass is 10.2. The maximum Gasteiger partial charge on any atom is 0.244 e. The summed E-state index contributed by atoms with van der Waals surface area (Å²) in [5, 5.41) is 8.85. The minimum Gasteiger partial charge on any atom is -0.207 e. The van der Waals surface area contributed by atoms with Gasteiger partial charge in [0.15, 0.2) is 0 Å². The van der Waals surface area contributed by atoms with Crippen LogP contribution in [0, 0.1) is 11.3 Å². The van der Waals surface area contributed by atoms with Crippen molar-refractivity contribution >= 4 is 21.6 Å². The molecule has 0 radical (unpaired) electrons. The molecule has 0 amide bonds. The SMILES string of the molecule is CCN(C1CC1)S(=O)(=O)c1ccc(C#N)cc1Cl. The predicted octanol–water partition coefficient (Wildman–Crippen LogP) is 2.38. The second-order valence-corrected chi connectivity index (χ2v) is 6.46. The van der Waals surface area contributed by atoms with Crippen molar-refractivity contribution in [1.29, 1.82) is 5.26 Å². The van der Waals surface area contributed by atoms with Gasteiger partial charge in [0.2, 0.25) is 10.0 Å². The first-order valence-corrected chi connectivity index (χ1v) is 7.54. The summed E-state index contributed by atoms with van der Waals surface area (Å²) >= 11 is 5.96. The molecule has 96 valence electrons. The average Bonchev–Trinajstić information content (AvgIpc) is 3.13. The van der Waals surface area contributed by atoms with Gasteiger partial charge in [0, 0.05) is 12.6 Å². The molecule has 0 atom stereocenters. The zero-order chi connectivity index (χ0) is 13.3. The molecule has 18 heavy (non-hydrogen) atoms. The largest absolute Gasteiger partial charge is 0.244 e. The van der Waals surface area contributed by atoms with Crippen LogP contribution in [0.15, 0.2) is 23.1 Å². The summed E-state index contributed by atoms with van der Waals surface area (Å²) in [6.45, 7) is 2.25. The zero-order valence-electron chi connectivity index (χ0n) is 9.93. The van der Waals surface area contributed by atoms with Gasteiger partial charge < -0.3 is 0 Å². The standard InChI is InChI=1S/C12H13ClN2O2S/c1-2-15(10-4-5-10)18(16,17)12-6-3-9(8-14)7-11(12)13/h3,6-7,10H,2,4-5H2,1H3.